The number of anilines is 1. The number of amides is 2. The zero-order valence-electron chi connectivity index (χ0n) is 14.4. The van der Waals surface area contributed by atoms with E-state index in [2.05, 4.69) is 5.32 Å². The molecule has 0 saturated heterocycles. The zero-order valence-corrected chi connectivity index (χ0v) is 16.0. The quantitative estimate of drug-likeness (QED) is 0.692. The molecule has 5 nitrogen and oxygen atoms in total. The summed E-state index contributed by atoms with van der Waals surface area (Å²) in [4.78, 5) is 23.9. The van der Waals surface area contributed by atoms with Gasteiger partial charge in [-0.05, 0) is 49.4 Å². The second-order valence-corrected chi connectivity index (χ2v) is 6.54. The maximum Gasteiger partial charge on any atom is 0.405 e. The first-order valence-corrected chi connectivity index (χ1v) is 8.68. The van der Waals surface area contributed by atoms with Gasteiger partial charge in [0, 0.05) is 16.3 Å². The number of nitrogens with one attached hydrogen (secondary N) is 2. The molecule has 0 aliphatic rings. The zero-order chi connectivity index (χ0) is 20.9. The smallest absolute Gasteiger partial charge is 0.405 e. The SMILES string of the molecule is CC(Oc1ccc(Cl)cc1Cl)C(=O)Nc1ccc(C(=O)NCC(F)(F)F)cc1. The predicted molar refractivity (Wildman–Crippen MR) is 100 cm³/mol. The summed E-state index contributed by atoms with van der Waals surface area (Å²) in [5, 5.41) is 5.01. The lowest BCUT2D eigenvalue weighted by molar-refractivity contribution is -0.123. The molecule has 28 heavy (non-hydrogen) atoms. The molecule has 2 aromatic rings. The van der Waals surface area contributed by atoms with Crippen molar-refractivity contribution >= 4 is 40.7 Å². The molecule has 150 valence electrons. The topological polar surface area (TPSA) is 67.4 Å². The summed E-state index contributed by atoms with van der Waals surface area (Å²) in [6.07, 6.45) is -5.39. The van der Waals surface area contributed by atoms with E-state index in [1.807, 2.05) is 0 Å². The molecule has 2 rings (SSSR count). The molecular formula is C18H15Cl2F3N2O3. The Morgan fingerprint density at radius 3 is 2.32 bits per heavy atom. The number of benzene rings is 2. The second kappa shape index (κ2) is 9.16. The van der Waals surface area contributed by atoms with Crippen LogP contribution in [-0.4, -0.2) is 30.6 Å². The highest BCUT2D eigenvalue weighted by atomic mass is 35.5. The van der Waals surface area contributed by atoms with Gasteiger partial charge in [0.25, 0.3) is 11.8 Å². The Morgan fingerprint density at radius 1 is 1.11 bits per heavy atom. The van der Waals surface area contributed by atoms with Crippen molar-refractivity contribution in [3.05, 3.63) is 58.1 Å². The van der Waals surface area contributed by atoms with E-state index >= 15 is 0 Å². The molecule has 2 aromatic carbocycles. The lowest BCUT2D eigenvalue weighted by Gasteiger charge is -2.16. The van der Waals surface area contributed by atoms with Crippen LogP contribution in [0.3, 0.4) is 0 Å². The molecule has 2 N–H and O–H groups in total. The van der Waals surface area contributed by atoms with E-state index in [1.165, 1.54) is 43.3 Å². The average Bonchev–Trinajstić information content (AvgIpc) is 2.62. The minimum absolute atomic E-state index is 0.0273. The summed E-state index contributed by atoms with van der Waals surface area (Å²) < 4.78 is 41.9. The Bertz CT molecular complexity index is 858. The monoisotopic (exact) mass is 434 g/mol. The third-order valence-corrected chi connectivity index (χ3v) is 3.96. The van der Waals surface area contributed by atoms with Gasteiger partial charge in [-0.15, -0.1) is 0 Å². The number of hydrogen-bond acceptors (Lipinski definition) is 3. The Kier molecular flexibility index (Phi) is 7.15. The van der Waals surface area contributed by atoms with E-state index in [4.69, 9.17) is 27.9 Å². The highest BCUT2D eigenvalue weighted by molar-refractivity contribution is 6.35. The van der Waals surface area contributed by atoms with Crippen LogP contribution in [-0.2, 0) is 4.79 Å². The second-order valence-electron chi connectivity index (χ2n) is 5.70. The van der Waals surface area contributed by atoms with Crippen molar-refractivity contribution in [1.82, 2.24) is 5.32 Å². The molecule has 0 bridgehead atoms. The van der Waals surface area contributed by atoms with Crippen molar-refractivity contribution in [3.63, 3.8) is 0 Å². The van der Waals surface area contributed by atoms with E-state index < -0.39 is 30.6 Å². The largest absolute Gasteiger partial charge is 0.479 e. The van der Waals surface area contributed by atoms with Crippen LogP contribution < -0.4 is 15.4 Å². The number of rotatable bonds is 6. The average molecular weight is 435 g/mol. The highest BCUT2D eigenvalue weighted by Crippen LogP contribution is 2.28. The molecule has 1 atom stereocenters. The van der Waals surface area contributed by atoms with Gasteiger partial charge in [0.1, 0.15) is 12.3 Å². The van der Waals surface area contributed by atoms with Crippen molar-refractivity contribution in [2.24, 2.45) is 0 Å². The lowest BCUT2D eigenvalue weighted by atomic mass is 10.2. The number of halogens is 5. The fourth-order valence-corrected chi connectivity index (χ4v) is 2.50. The molecule has 0 heterocycles. The summed E-state index contributed by atoms with van der Waals surface area (Å²) in [5.74, 6) is -1.07. The first-order chi connectivity index (χ1) is 13.0. The molecule has 10 heteroatoms. The molecule has 0 spiro atoms. The molecule has 0 aliphatic carbocycles. The minimum Gasteiger partial charge on any atom is -0.479 e. The molecule has 0 fully saturated rings. The van der Waals surface area contributed by atoms with Crippen LogP contribution in [0.2, 0.25) is 10.0 Å². The number of alkyl halides is 3. The molecular weight excluding hydrogens is 420 g/mol. The van der Waals surface area contributed by atoms with Crippen LogP contribution in [0.1, 0.15) is 17.3 Å². The summed E-state index contributed by atoms with van der Waals surface area (Å²) in [6.45, 7) is 0.0889. The van der Waals surface area contributed by atoms with Crippen LogP contribution in [0.25, 0.3) is 0 Å². The first kappa shape index (κ1) is 21.8. The number of carbonyl (C=O) groups is 2. The van der Waals surface area contributed by atoms with Gasteiger partial charge in [0.2, 0.25) is 0 Å². The van der Waals surface area contributed by atoms with Crippen LogP contribution in [0.15, 0.2) is 42.5 Å². The lowest BCUT2D eigenvalue weighted by Crippen LogP contribution is -2.33. The fraction of sp³-hybridized carbons (Fsp3) is 0.222. The minimum atomic E-state index is -4.49. The van der Waals surface area contributed by atoms with Gasteiger partial charge in [-0.3, -0.25) is 9.59 Å². The van der Waals surface area contributed by atoms with Gasteiger partial charge in [0.15, 0.2) is 6.10 Å². The molecule has 0 saturated carbocycles. The van der Waals surface area contributed by atoms with E-state index in [0.29, 0.717) is 10.7 Å². The Balaban J connectivity index is 1.93. The summed E-state index contributed by atoms with van der Waals surface area (Å²) in [7, 11) is 0. The number of hydrogen-bond donors (Lipinski definition) is 2. The third kappa shape index (κ3) is 6.61. The van der Waals surface area contributed by atoms with Gasteiger partial charge >= 0.3 is 6.18 Å². The Morgan fingerprint density at radius 2 is 1.75 bits per heavy atom. The van der Waals surface area contributed by atoms with E-state index in [0.717, 1.165) is 0 Å². The molecule has 1 unspecified atom stereocenters. The number of ether oxygens (including phenoxy) is 1. The van der Waals surface area contributed by atoms with Gasteiger partial charge in [-0.25, -0.2) is 0 Å². The Labute approximate surface area is 168 Å². The Hall–Kier alpha value is -2.45. The van der Waals surface area contributed by atoms with Crippen LogP contribution in [0.5, 0.6) is 5.75 Å². The van der Waals surface area contributed by atoms with Crippen molar-refractivity contribution < 1.29 is 27.5 Å². The van der Waals surface area contributed by atoms with Crippen LogP contribution >= 0.6 is 23.2 Å². The molecule has 0 aliphatic heterocycles. The van der Waals surface area contributed by atoms with Crippen molar-refractivity contribution in [2.45, 2.75) is 19.2 Å². The van der Waals surface area contributed by atoms with Crippen LogP contribution in [0, 0.1) is 0 Å². The maximum absolute atomic E-state index is 12.2. The summed E-state index contributed by atoms with van der Waals surface area (Å²) in [6, 6.07) is 9.95. The highest BCUT2D eigenvalue weighted by Gasteiger charge is 2.27. The van der Waals surface area contributed by atoms with E-state index in [-0.39, 0.29) is 16.3 Å². The van der Waals surface area contributed by atoms with Crippen molar-refractivity contribution in [1.29, 1.82) is 0 Å². The van der Waals surface area contributed by atoms with Gasteiger partial charge < -0.3 is 15.4 Å². The molecule has 0 aromatic heterocycles. The van der Waals surface area contributed by atoms with Crippen LogP contribution in [0.4, 0.5) is 18.9 Å². The van der Waals surface area contributed by atoms with E-state index in [1.54, 1.807) is 11.4 Å². The normalized spacial score (nSPS) is 12.2. The molecule has 0 radical (unpaired) electrons. The van der Waals surface area contributed by atoms with Crippen molar-refractivity contribution in [3.8, 4) is 5.75 Å². The fourth-order valence-electron chi connectivity index (χ4n) is 2.05. The predicted octanol–water partition coefficient (Wildman–Crippen LogP) is 4.69. The summed E-state index contributed by atoms with van der Waals surface area (Å²) in [5.41, 5.74) is 0.370. The number of carbonyl (C=O) groups excluding carboxylic acids is 2. The van der Waals surface area contributed by atoms with Crippen molar-refractivity contribution in [2.75, 3.05) is 11.9 Å². The standard InChI is InChI=1S/C18H15Cl2F3N2O3/c1-10(28-15-7-4-12(19)8-14(15)20)16(26)25-13-5-2-11(3-6-13)17(27)24-9-18(21,22)23/h2-8,10H,9H2,1H3,(H,24,27)(H,25,26). The third-order valence-electron chi connectivity index (χ3n) is 3.43. The molecule has 2 amide bonds. The van der Waals surface area contributed by atoms with Gasteiger partial charge in [-0.1, -0.05) is 23.2 Å². The first-order valence-electron chi connectivity index (χ1n) is 7.93. The van der Waals surface area contributed by atoms with Gasteiger partial charge in [-0.2, -0.15) is 13.2 Å². The maximum atomic E-state index is 12.2. The van der Waals surface area contributed by atoms with Gasteiger partial charge in [0.05, 0.1) is 5.02 Å². The summed E-state index contributed by atoms with van der Waals surface area (Å²) >= 11 is 11.8. The van der Waals surface area contributed by atoms with E-state index in [9.17, 15) is 22.8 Å².